The summed E-state index contributed by atoms with van der Waals surface area (Å²) < 4.78 is 0. The van der Waals surface area contributed by atoms with Crippen molar-refractivity contribution in [3.63, 3.8) is 0 Å². The van der Waals surface area contributed by atoms with Crippen LogP contribution in [0.5, 0.6) is 0 Å². The fraction of sp³-hybridized carbons (Fsp3) is 0.591. The summed E-state index contributed by atoms with van der Waals surface area (Å²) in [5, 5.41) is 3.47. The zero-order valence-corrected chi connectivity index (χ0v) is 17.7. The summed E-state index contributed by atoms with van der Waals surface area (Å²) in [6, 6.07) is 6.35. The van der Waals surface area contributed by atoms with Gasteiger partial charge in [0.05, 0.1) is 0 Å². The number of aromatic nitrogens is 3. The molecular formula is C22H33N7. The van der Waals surface area contributed by atoms with Gasteiger partial charge in [0.25, 0.3) is 0 Å². The minimum absolute atomic E-state index is 0.726. The van der Waals surface area contributed by atoms with Gasteiger partial charge in [0.15, 0.2) is 0 Å². The van der Waals surface area contributed by atoms with Gasteiger partial charge in [-0.15, -0.1) is 0 Å². The van der Waals surface area contributed by atoms with E-state index < -0.39 is 0 Å². The van der Waals surface area contributed by atoms with Crippen LogP contribution in [0.3, 0.4) is 0 Å². The van der Waals surface area contributed by atoms with E-state index in [9.17, 15) is 0 Å². The standard InChI is InChI=1S/C22H33N7/c1-3-27-9-11-28(12-10-27)21-13-19(6-7-23-21)15-24-20-14-22(26-17-25-20)29-8-4-5-18(2)16-29/h6-7,13-14,17-18H,3-5,8-12,15-16H2,1-2H3,(H,24,25,26). The third-order valence-corrected chi connectivity index (χ3v) is 6.06. The van der Waals surface area contributed by atoms with Crippen molar-refractivity contribution in [3.05, 3.63) is 36.3 Å². The number of hydrogen-bond acceptors (Lipinski definition) is 7. The first-order valence-corrected chi connectivity index (χ1v) is 10.9. The highest BCUT2D eigenvalue weighted by Crippen LogP contribution is 2.23. The number of pyridine rings is 1. The molecule has 4 rings (SSSR count). The maximum Gasteiger partial charge on any atom is 0.134 e. The Morgan fingerprint density at radius 2 is 1.83 bits per heavy atom. The van der Waals surface area contributed by atoms with Crippen molar-refractivity contribution in [2.75, 3.05) is 60.9 Å². The number of nitrogens with zero attached hydrogens (tertiary/aromatic N) is 6. The maximum absolute atomic E-state index is 4.60. The third-order valence-electron chi connectivity index (χ3n) is 6.06. The molecule has 0 spiro atoms. The molecule has 0 saturated carbocycles. The highest BCUT2D eigenvalue weighted by atomic mass is 15.3. The van der Waals surface area contributed by atoms with Crippen LogP contribution in [0.1, 0.15) is 32.3 Å². The Morgan fingerprint density at radius 1 is 1.00 bits per heavy atom. The van der Waals surface area contributed by atoms with Crippen molar-refractivity contribution in [2.45, 2.75) is 33.2 Å². The minimum Gasteiger partial charge on any atom is -0.366 e. The SMILES string of the molecule is CCN1CCN(c2cc(CNc3cc(N4CCCC(C)C4)ncn3)ccn2)CC1. The van der Waals surface area contributed by atoms with Gasteiger partial charge in [0.2, 0.25) is 0 Å². The van der Waals surface area contributed by atoms with Crippen LogP contribution in [0.25, 0.3) is 0 Å². The fourth-order valence-electron chi connectivity index (χ4n) is 4.24. The van der Waals surface area contributed by atoms with Crippen molar-refractivity contribution < 1.29 is 0 Å². The van der Waals surface area contributed by atoms with Crippen LogP contribution in [0.2, 0.25) is 0 Å². The minimum atomic E-state index is 0.726. The molecule has 29 heavy (non-hydrogen) atoms. The summed E-state index contributed by atoms with van der Waals surface area (Å²) in [6.07, 6.45) is 6.13. The molecule has 4 heterocycles. The molecule has 2 aliphatic rings. The number of rotatable bonds is 6. The van der Waals surface area contributed by atoms with Crippen LogP contribution in [-0.2, 0) is 6.54 Å². The van der Waals surface area contributed by atoms with Gasteiger partial charge in [0, 0.05) is 58.1 Å². The van der Waals surface area contributed by atoms with Gasteiger partial charge in [-0.05, 0) is 43.0 Å². The number of nitrogens with one attached hydrogen (secondary N) is 1. The molecule has 2 aromatic rings. The lowest BCUT2D eigenvalue weighted by Crippen LogP contribution is -2.46. The van der Waals surface area contributed by atoms with Gasteiger partial charge in [-0.25, -0.2) is 15.0 Å². The molecule has 0 bridgehead atoms. The van der Waals surface area contributed by atoms with E-state index in [1.165, 1.54) is 18.4 Å². The van der Waals surface area contributed by atoms with Crippen molar-refractivity contribution in [3.8, 4) is 0 Å². The van der Waals surface area contributed by atoms with Gasteiger partial charge >= 0.3 is 0 Å². The molecular weight excluding hydrogens is 362 g/mol. The lowest BCUT2D eigenvalue weighted by atomic mass is 10.0. The molecule has 0 aromatic carbocycles. The first kappa shape index (κ1) is 19.9. The first-order chi connectivity index (χ1) is 14.2. The molecule has 0 aliphatic carbocycles. The zero-order chi connectivity index (χ0) is 20.1. The van der Waals surface area contributed by atoms with Gasteiger partial charge in [-0.3, -0.25) is 0 Å². The first-order valence-electron chi connectivity index (χ1n) is 10.9. The van der Waals surface area contributed by atoms with Crippen molar-refractivity contribution in [2.24, 2.45) is 5.92 Å². The van der Waals surface area contributed by atoms with Crippen LogP contribution in [0, 0.1) is 5.92 Å². The molecule has 156 valence electrons. The Morgan fingerprint density at radius 3 is 2.62 bits per heavy atom. The third kappa shape index (κ3) is 5.15. The molecule has 1 N–H and O–H groups in total. The molecule has 1 unspecified atom stereocenters. The number of anilines is 3. The molecule has 2 fully saturated rings. The maximum atomic E-state index is 4.60. The molecule has 2 saturated heterocycles. The molecule has 1 atom stereocenters. The van der Waals surface area contributed by atoms with E-state index in [1.807, 2.05) is 6.20 Å². The smallest absolute Gasteiger partial charge is 0.134 e. The topological polar surface area (TPSA) is 60.4 Å². The normalized spacial score (nSPS) is 20.7. The quantitative estimate of drug-likeness (QED) is 0.807. The Bertz CT molecular complexity index is 788. The summed E-state index contributed by atoms with van der Waals surface area (Å²) in [5.74, 6) is 3.71. The van der Waals surface area contributed by atoms with Crippen LogP contribution in [0.15, 0.2) is 30.7 Å². The van der Waals surface area contributed by atoms with E-state index in [1.54, 1.807) is 6.33 Å². The second-order valence-corrected chi connectivity index (χ2v) is 8.25. The van der Waals surface area contributed by atoms with E-state index in [2.05, 4.69) is 67.0 Å². The van der Waals surface area contributed by atoms with E-state index >= 15 is 0 Å². The Balaban J connectivity index is 1.36. The van der Waals surface area contributed by atoms with Crippen LogP contribution in [-0.4, -0.2) is 65.7 Å². The highest BCUT2D eigenvalue weighted by molar-refractivity contribution is 5.49. The average Bonchev–Trinajstić information content (AvgIpc) is 2.78. The van der Waals surface area contributed by atoms with Crippen molar-refractivity contribution >= 4 is 17.5 Å². The Labute approximate surface area is 174 Å². The highest BCUT2D eigenvalue weighted by Gasteiger charge is 2.18. The number of hydrogen-bond donors (Lipinski definition) is 1. The summed E-state index contributed by atoms with van der Waals surface area (Å²) in [7, 11) is 0. The van der Waals surface area contributed by atoms with Crippen molar-refractivity contribution in [1.82, 2.24) is 19.9 Å². The summed E-state index contributed by atoms with van der Waals surface area (Å²) in [4.78, 5) is 20.8. The molecule has 2 aliphatic heterocycles. The van der Waals surface area contributed by atoms with E-state index in [0.29, 0.717) is 0 Å². The molecule has 7 heteroatoms. The second kappa shape index (κ2) is 9.39. The molecule has 7 nitrogen and oxygen atoms in total. The monoisotopic (exact) mass is 395 g/mol. The van der Waals surface area contributed by atoms with Crippen LogP contribution >= 0.6 is 0 Å². The lowest BCUT2D eigenvalue weighted by molar-refractivity contribution is 0.270. The second-order valence-electron chi connectivity index (χ2n) is 8.25. The van der Waals surface area contributed by atoms with Gasteiger partial charge in [-0.1, -0.05) is 13.8 Å². The largest absolute Gasteiger partial charge is 0.366 e. The van der Waals surface area contributed by atoms with Gasteiger partial charge < -0.3 is 20.0 Å². The summed E-state index contributed by atoms with van der Waals surface area (Å²) >= 11 is 0. The molecule has 2 aromatic heterocycles. The zero-order valence-electron chi connectivity index (χ0n) is 17.7. The Kier molecular flexibility index (Phi) is 6.44. The van der Waals surface area contributed by atoms with Crippen LogP contribution < -0.4 is 15.1 Å². The van der Waals surface area contributed by atoms with Gasteiger partial charge in [-0.2, -0.15) is 0 Å². The Hall–Kier alpha value is -2.41. The predicted octanol–water partition coefficient (Wildman–Crippen LogP) is 2.86. The summed E-state index contributed by atoms with van der Waals surface area (Å²) in [6.45, 7) is 12.9. The number of piperazine rings is 1. The predicted molar refractivity (Wildman–Crippen MR) is 119 cm³/mol. The fourth-order valence-corrected chi connectivity index (χ4v) is 4.24. The number of likely N-dealkylation sites (N-methyl/N-ethyl adjacent to an activating group) is 1. The summed E-state index contributed by atoms with van der Waals surface area (Å²) in [5.41, 5.74) is 1.22. The van der Waals surface area contributed by atoms with E-state index in [-0.39, 0.29) is 0 Å². The van der Waals surface area contributed by atoms with Crippen LogP contribution in [0.4, 0.5) is 17.5 Å². The van der Waals surface area contributed by atoms with Crippen molar-refractivity contribution in [1.29, 1.82) is 0 Å². The lowest BCUT2D eigenvalue weighted by Gasteiger charge is -2.34. The van der Waals surface area contributed by atoms with E-state index in [0.717, 1.165) is 75.7 Å². The average molecular weight is 396 g/mol. The molecule has 0 amide bonds. The number of piperidine rings is 1. The molecule has 0 radical (unpaired) electrons. The van der Waals surface area contributed by atoms with Gasteiger partial charge in [0.1, 0.15) is 23.8 Å². The van der Waals surface area contributed by atoms with E-state index in [4.69, 9.17) is 0 Å².